The Bertz CT molecular complexity index is 326. The summed E-state index contributed by atoms with van der Waals surface area (Å²) in [6.07, 6.45) is 5.26. The van der Waals surface area contributed by atoms with E-state index in [1.165, 1.54) is 6.20 Å². The molecule has 4 nitrogen and oxygen atoms in total. The van der Waals surface area contributed by atoms with Gasteiger partial charge in [0.15, 0.2) is 0 Å². The smallest absolute Gasteiger partial charge is 0.133 e. The van der Waals surface area contributed by atoms with E-state index in [0.717, 1.165) is 31.5 Å². The summed E-state index contributed by atoms with van der Waals surface area (Å²) in [6, 6.07) is 4.03. The van der Waals surface area contributed by atoms with Crippen molar-refractivity contribution >= 4 is 0 Å². The highest BCUT2D eigenvalue weighted by atomic mass is 16.5. The van der Waals surface area contributed by atoms with E-state index < -0.39 is 0 Å². The van der Waals surface area contributed by atoms with Crippen LogP contribution < -0.4 is 5.32 Å². The Hall–Kier alpha value is -1.13. The predicted molar refractivity (Wildman–Crippen MR) is 61.2 cm³/mol. The first-order valence-corrected chi connectivity index (χ1v) is 5.68. The number of aromatic nitrogens is 1. The van der Waals surface area contributed by atoms with E-state index >= 15 is 0 Å². The molecule has 0 aromatic carbocycles. The lowest BCUT2D eigenvalue weighted by Gasteiger charge is -2.12. The first kappa shape index (κ1) is 11.4. The molecule has 1 aliphatic rings. The molecular weight excluding hydrogens is 204 g/mol. The third-order valence-corrected chi connectivity index (χ3v) is 3.10. The lowest BCUT2D eigenvalue weighted by molar-refractivity contribution is 0.107. The molecule has 0 amide bonds. The van der Waals surface area contributed by atoms with Crippen molar-refractivity contribution in [2.75, 3.05) is 7.11 Å². The lowest BCUT2D eigenvalue weighted by Crippen LogP contribution is -2.27. The van der Waals surface area contributed by atoms with Gasteiger partial charge in [-0.15, -0.1) is 0 Å². The van der Waals surface area contributed by atoms with Crippen LogP contribution in [0.4, 0.5) is 0 Å². The number of methoxy groups -OCH3 is 1. The predicted octanol–water partition coefficient (Wildman–Crippen LogP) is 1.44. The molecule has 88 valence electrons. The SMILES string of the molecule is COC1CCC(NCc2ccc(O)cn2)C1. The maximum Gasteiger partial charge on any atom is 0.133 e. The average Bonchev–Trinajstić information content (AvgIpc) is 2.76. The lowest BCUT2D eigenvalue weighted by atomic mass is 10.2. The van der Waals surface area contributed by atoms with Gasteiger partial charge in [-0.3, -0.25) is 4.98 Å². The van der Waals surface area contributed by atoms with Gasteiger partial charge in [-0.2, -0.15) is 0 Å². The Balaban J connectivity index is 1.77. The van der Waals surface area contributed by atoms with E-state index in [1.807, 2.05) is 6.07 Å². The number of nitrogens with one attached hydrogen (secondary N) is 1. The van der Waals surface area contributed by atoms with E-state index in [2.05, 4.69) is 10.3 Å². The Morgan fingerprint density at radius 3 is 3.00 bits per heavy atom. The van der Waals surface area contributed by atoms with Crippen molar-refractivity contribution in [3.8, 4) is 5.75 Å². The fourth-order valence-corrected chi connectivity index (χ4v) is 2.11. The number of rotatable bonds is 4. The molecule has 1 heterocycles. The number of hydrogen-bond donors (Lipinski definition) is 2. The molecule has 16 heavy (non-hydrogen) atoms. The van der Waals surface area contributed by atoms with Crippen molar-refractivity contribution in [1.29, 1.82) is 0 Å². The summed E-state index contributed by atoms with van der Waals surface area (Å²) in [4.78, 5) is 4.13. The van der Waals surface area contributed by atoms with Crippen LogP contribution in [0.3, 0.4) is 0 Å². The van der Waals surface area contributed by atoms with Crippen LogP contribution >= 0.6 is 0 Å². The molecule has 1 saturated carbocycles. The zero-order valence-corrected chi connectivity index (χ0v) is 9.52. The summed E-state index contributed by atoms with van der Waals surface area (Å²) in [7, 11) is 1.77. The molecule has 1 fully saturated rings. The van der Waals surface area contributed by atoms with Crippen molar-refractivity contribution in [2.24, 2.45) is 0 Å². The highest BCUT2D eigenvalue weighted by molar-refractivity contribution is 5.17. The minimum atomic E-state index is 0.212. The van der Waals surface area contributed by atoms with Crippen molar-refractivity contribution < 1.29 is 9.84 Å². The number of pyridine rings is 1. The summed E-state index contributed by atoms with van der Waals surface area (Å²) < 4.78 is 5.32. The van der Waals surface area contributed by atoms with Crippen molar-refractivity contribution in [3.63, 3.8) is 0 Å². The molecule has 0 saturated heterocycles. The van der Waals surface area contributed by atoms with Gasteiger partial charge in [0.25, 0.3) is 0 Å². The minimum absolute atomic E-state index is 0.212. The van der Waals surface area contributed by atoms with Crippen LogP contribution in [0, 0.1) is 0 Å². The fourth-order valence-electron chi connectivity index (χ4n) is 2.11. The molecule has 0 spiro atoms. The number of hydrogen-bond acceptors (Lipinski definition) is 4. The van der Waals surface area contributed by atoms with E-state index in [0.29, 0.717) is 12.1 Å². The molecule has 0 bridgehead atoms. The van der Waals surface area contributed by atoms with Crippen molar-refractivity contribution in [1.82, 2.24) is 10.3 Å². The topological polar surface area (TPSA) is 54.4 Å². The first-order valence-electron chi connectivity index (χ1n) is 5.68. The van der Waals surface area contributed by atoms with E-state index in [-0.39, 0.29) is 5.75 Å². The van der Waals surface area contributed by atoms with Crippen LogP contribution in [-0.4, -0.2) is 29.3 Å². The van der Waals surface area contributed by atoms with Crippen LogP contribution in [-0.2, 0) is 11.3 Å². The van der Waals surface area contributed by atoms with E-state index in [9.17, 15) is 0 Å². The van der Waals surface area contributed by atoms with Crippen LogP contribution in [0.15, 0.2) is 18.3 Å². The number of aromatic hydroxyl groups is 1. The quantitative estimate of drug-likeness (QED) is 0.809. The fraction of sp³-hybridized carbons (Fsp3) is 0.583. The molecule has 0 aliphatic heterocycles. The second kappa shape index (κ2) is 5.27. The van der Waals surface area contributed by atoms with Crippen LogP contribution in [0.5, 0.6) is 5.75 Å². The summed E-state index contributed by atoms with van der Waals surface area (Å²) in [6.45, 7) is 0.751. The molecule has 0 radical (unpaired) electrons. The molecule has 2 unspecified atom stereocenters. The Labute approximate surface area is 95.7 Å². The molecule has 2 N–H and O–H groups in total. The third-order valence-electron chi connectivity index (χ3n) is 3.10. The molecule has 2 rings (SSSR count). The van der Waals surface area contributed by atoms with Gasteiger partial charge in [0.2, 0.25) is 0 Å². The molecule has 1 aliphatic carbocycles. The Morgan fingerprint density at radius 1 is 1.50 bits per heavy atom. The van der Waals surface area contributed by atoms with Gasteiger partial charge in [-0.1, -0.05) is 0 Å². The summed E-state index contributed by atoms with van der Waals surface area (Å²) in [5.41, 5.74) is 0.957. The minimum Gasteiger partial charge on any atom is -0.506 e. The van der Waals surface area contributed by atoms with Gasteiger partial charge in [0, 0.05) is 19.7 Å². The van der Waals surface area contributed by atoms with Crippen LogP contribution in [0.2, 0.25) is 0 Å². The van der Waals surface area contributed by atoms with Gasteiger partial charge >= 0.3 is 0 Å². The zero-order chi connectivity index (χ0) is 11.4. The van der Waals surface area contributed by atoms with Gasteiger partial charge < -0.3 is 15.2 Å². The summed E-state index contributed by atoms with van der Waals surface area (Å²) in [5, 5.41) is 12.6. The van der Waals surface area contributed by atoms with Gasteiger partial charge in [-0.25, -0.2) is 0 Å². The molecule has 1 aromatic rings. The molecule has 2 atom stereocenters. The standard InChI is InChI=1S/C12H18N2O2/c1-16-12-5-3-9(6-12)13-7-10-2-4-11(15)8-14-10/h2,4,8-9,12-13,15H,3,5-7H2,1H3. The number of ether oxygens (including phenoxy) is 1. The summed E-state index contributed by atoms with van der Waals surface area (Å²) >= 11 is 0. The molecule has 4 heteroatoms. The van der Waals surface area contributed by atoms with Gasteiger partial charge in [0.05, 0.1) is 18.0 Å². The monoisotopic (exact) mass is 222 g/mol. The Morgan fingerprint density at radius 2 is 2.38 bits per heavy atom. The van der Waals surface area contributed by atoms with Crippen LogP contribution in [0.25, 0.3) is 0 Å². The van der Waals surface area contributed by atoms with Crippen molar-refractivity contribution in [2.45, 2.75) is 38.0 Å². The second-order valence-electron chi connectivity index (χ2n) is 4.26. The molecule has 1 aromatic heterocycles. The maximum atomic E-state index is 9.10. The van der Waals surface area contributed by atoms with Crippen LogP contribution in [0.1, 0.15) is 25.0 Å². The zero-order valence-electron chi connectivity index (χ0n) is 9.52. The van der Waals surface area contributed by atoms with E-state index in [1.54, 1.807) is 13.2 Å². The van der Waals surface area contributed by atoms with E-state index in [4.69, 9.17) is 9.84 Å². The number of nitrogens with zero attached hydrogens (tertiary/aromatic N) is 1. The normalized spacial score (nSPS) is 24.8. The maximum absolute atomic E-state index is 9.10. The highest BCUT2D eigenvalue weighted by Gasteiger charge is 2.23. The Kier molecular flexibility index (Phi) is 3.74. The third kappa shape index (κ3) is 2.93. The van der Waals surface area contributed by atoms with Gasteiger partial charge in [0.1, 0.15) is 5.75 Å². The summed E-state index contributed by atoms with van der Waals surface area (Å²) in [5.74, 6) is 0.212. The van der Waals surface area contributed by atoms with Gasteiger partial charge in [-0.05, 0) is 31.4 Å². The van der Waals surface area contributed by atoms with Crippen molar-refractivity contribution in [3.05, 3.63) is 24.0 Å². The first-order chi connectivity index (χ1) is 7.78. The average molecular weight is 222 g/mol. The largest absolute Gasteiger partial charge is 0.506 e. The second-order valence-corrected chi connectivity index (χ2v) is 4.26. The highest BCUT2D eigenvalue weighted by Crippen LogP contribution is 2.21. The molecular formula is C12H18N2O2.